The molecule has 8 heteroatoms. The van der Waals surface area contributed by atoms with Gasteiger partial charge in [-0.3, -0.25) is 4.68 Å². The van der Waals surface area contributed by atoms with Crippen molar-refractivity contribution < 1.29 is 14.3 Å². The molecule has 0 bridgehead atoms. The average molecular weight is 377 g/mol. The minimum absolute atomic E-state index is 0.221. The summed E-state index contributed by atoms with van der Waals surface area (Å²) in [6.45, 7) is 8.40. The molecule has 0 aromatic carbocycles. The van der Waals surface area contributed by atoms with Gasteiger partial charge in [-0.1, -0.05) is 11.6 Å². The fourth-order valence-corrected chi connectivity index (χ4v) is 4.51. The van der Waals surface area contributed by atoms with Crippen molar-refractivity contribution in [3.05, 3.63) is 17.0 Å². The topological polar surface area (TPSA) is 69.5 Å². The first-order chi connectivity index (χ1) is 12.3. The van der Waals surface area contributed by atoms with Crippen LogP contribution in [-0.4, -0.2) is 51.1 Å². The third-order valence-corrected chi connectivity index (χ3v) is 5.71. The number of hydrogen-bond acceptors (Lipinski definition) is 5. The second-order valence-electron chi connectivity index (χ2n) is 8.34. The fraction of sp³-hybridized carbons (Fsp3) is 0.611. The number of nitrogens with zero attached hydrogens (tertiary/aromatic N) is 4. The van der Waals surface area contributed by atoms with Crippen LogP contribution in [0.4, 0.5) is 4.79 Å². The molecule has 1 aliphatic carbocycles. The Balaban J connectivity index is 1.39. The Labute approximate surface area is 156 Å². The van der Waals surface area contributed by atoms with Crippen LogP contribution in [0, 0.1) is 11.8 Å². The van der Waals surface area contributed by atoms with E-state index in [1.165, 1.54) is 0 Å². The zero-order chi connectivity index (χ0) is 18.2. The van der Waals surface area contributed by atoms with Crippen molar-refractivity contribution in [1.82, 2.24) is 19.7 Å². The maximum Gasteiger partial charge on any atom is 0.410 e. The number of pyridine rings is 1. The third-order valence-electron chi connectivity index (χ3n) is 5.44. The number of ether oxygens (including phenoxy) is 2. The van der Waals surface area contributed by atoms with Crippen molar-refractivity contribution in [3.63, 3.8) is 0 Å². The molecule has 3 atom stereocenters. The fourth-order valence-electron chi connectivity index (χ4n) is 4.32. The van der Waals surface area contributed by atoms with Crippen molar-refractivity contribution in [2.75, 3.05) is 19.7 Å². The first-order valence-electron chi connectivity index (χ1n) is 8.99. The summed E-state index contributed by atoms with van der Waals surface area (Å²) in [6, 6.07) is 0. The molecule has 26 heavy (non-hydrogen) atoms. The first-order valence-corrected chi connectivity index (χ1v) is 9.37. The number of fused-ring (bicyclic) bond motifs is 1. The highest BCUT2D eigenvalue weighted by atomic mass is 35.5. The van der Waals surface area contributed by atoms with Gasteiger partial charge in [0.2, 0.25) is 0 Å². The van der Waals surface area contributed by atoms with E-state index >= 15 is 0 Å². The standard InChI is InChI=1S/C18H21ClN4O3/c1-18(2,3)26-17(24)22-7-10-11(8-22)12(10)13-9-6-20-16(19)15-14(9)23(21-13)4-5-25-15/h6,10-12H,4-5,7-8H2,1-3H3/t10-,11+,12?. The molecule has 138 valence electrons. The number of carbonyl (C=O) groups excluding carboxylic acids is 1. The van der Waals surface area contributed by atoms with E-state index in [1.54, 1.807) is 6.20 Å². The van der Waals surface area contributed by atoms with Crippen LogP contribution in [0.3, 0.4) is 0 Å². The van der Waals surface area contributed by atoms with Crippen LogP contribution in [0.15, 0.2) is 6.20 Å². The SMILES string of the molecule is CC(C)(C)OC(=O)N1C[C@@H]2C(c3nn4c5c(c(Cl)ncc35)OCC4)[C@@H]2C1. The van der Waals surface area contributed by atoms with Gasteiger partial charge < -0.3 is 14.4 Å². The van der Waals surface area contributed by atoms with Gasteiger partial charge in [-0.15, -0.1) is 0 Å². The van der Waals surface area contributed by atoms with Crippen LogP contribution in [0.5, 0.6) is 5.75 Å². The third kappa shape index (κ3) is 2.36. The number of piperidine rings is 1. The van der Waals surface area contributed by atoms with Crippen molar-refractivity contribution in [2.24, 2.45) is 11.8 Å². The Morgan fingerprint density at radius 2 is 2.08 bits per heavy atom. The van der Waals surface area contributed by atoms with Crippen LogP contribution < -0.4 is 4.74 Å². The molecule has 2 fully saturated rings. The minimum atomic E-state index is -0.463. The second-order valence-corrected chi connectivity index (χ2v) is 8.69. The van der Waals surface area contributed by atoms with Gasteiger partial charge >= 0.3 is 6.09 Å². The average Bonchev–Trinajstić information content (AvgIpc) is 2.93. The minimum Gasteiger partial charge on any atom is -0.486 e. The Morgan fingerprint density at radius 1 is 1.35 bits per heavy atom. The lowest BCUT2D eigenvalue weighted by Crippen LogP contribution is -2.36. The lowest BCUT2D eigenvalue weighted by atomic mass is 10.1. The van der Waals surface area contributed by atoms with E-state index in [0.717, 1.165) is 36.2 Å². The summed E-state index contributed by atoms with van der Waals surface area (Å²) in [7, 11) is 0. The van der Waals surface area contributed by atoms with E-state index in [4.69, 9.17) is 26.2 Å². The molecule has 1 amide bonds. The number of amides is 1. The maximum absolute atomic E-state index is 12.3. The number of carbonyl (C=O) groups is 1. The molecule has 7 nitrogen and oxygen atoms in total. The molecule has 5 rings (SSSR count). The molecule has 0 N–H and O–H groups in total. The summed E-state index contributed by atoms with van der Waals surface area (Å²) >= 11 is 6.18. The Morgan fingerprint density at radius 3 is 2.77 bits per heavy atom. The van der Waals surface area contributed by atoms with E-state index in [-0.39, 0.29) is 6.09 Å². The number of likely N-dealkylation sites (tertiary alicyclic amines) is 1. The Kier molecular flexibility index (Phi) is 3.27. The highest BCUT2D eigenvalue weighted by Crippen LogP contribution is 2.59. The quantitative estimate of drug-likeness (QED) is 0.715. The lowest BCUT2D eigenvalue weighted by molar-refractivity contribution is 0.0271. The molecule has 1 unspecified atom stereocenters. The van der Waals surface area contributed by atoms with E-state index in [0.29, 0.717) is 35.3 Å². The summed E-state index contributed by atoms with van der Waals surface area (Å²) in [5, 5.41) is 6.24. The largest absolute Gasteiger partial charge is 0.486 e. The Bertz CT molecular complexity index is 907. The predicted octanol–water partition coefficient (Wildman–Crippen LogP) is 3.06. The number of rotatable bonds is 1. The summed E-state index contributed by atoms with van der Waals surface area (Å²) in [6.07, 6.45) is 1.58. The van der Waals surface area contributed by atoms with Gasteiger partial charge in [-0.2, -0.15) is 5.10 Å². The normalized spacial score (nSPS) is 26.6. The number of hydrogen-bond donors (Lipinski definition) is 0. The van der Waals surface area contributed by atoms with E-state index in [9.17, 15) is 4.79 Å². The van der Waals surface area contributed by atoms with Crippen molar-refractivity contribution in [2.45, 2.75) is 38.8 Å². The van der Waals surface area contributed by atoms with Crippen molar-refractivity contribution in [3.8, 4) is 5.75 Å². The van der Waals surface area contributed by atoms with Gasteiger partial charge in [0, 0.05) is 30.6 Å². The van der Waals surface area contributed by atoms with E-state index in [1.807, 2.05) is 30.4 Å². The highest BCUT2D eigenvalue weighted by Gasteiger charge is 2.59. The summed E-state index contributed by atoms with van der Waals surface area (Å²) in [5.74, 6) is 1.88. The van der Waals surface area contributed by atoms with Crippen molar-refractivity contribution in [1.29, 1.82) is 0 Å². The van der Waals surface area contributed by atoms with Crippen molar-refractivity contribution >= 4 is 28.6 Å². The molecule has 1 saturated heterocycles. The monoisotopic (exact) mass is 376 g/mol. The molecule has 1 saturated carbocycles. The van der Waals surface area contributed by atoms with Gasteiger partial charge in [-0.25, -0.2) is 9.78 Å². The second kappa shape index (κ2) is 5.25. The summed E-state index contributed by atoms with van der Waals surface area (Å²) in [4.78, 5) is 18.4. The summed E-state index contributed by atoms with van der Waals surface area (Å²) in [5.41, 5.74) is 1.55. The van der Waals surface area contributed by atoms with Crippen LogP contribution in [0.1, 0.15) is 32.4 Å². The van der Waals surface area contributed by atoms with Gasteiger partial charge in [-0.05, 0) is 32.6 Å². The number of halogens is 1. The zero-order valence-electron chi connectivity index (χ0n) is 15.0. The van der Waals surface area contributed by atoms with Gasteiger partial charge in [0.05, 0.1) is 12.2 Å². The van der Waals surface area contributed by atoms with E-state index in [2.05, 4.69) is 4.98 Å². The highest BCUT2D eigenvalue weighted by molar-refractivity contribution is 6.31. The molecule has 2 aliphatic heterocycles. The molecule has 3 aliphatic rings. The molecule has 4 heterocycles. The molecule has 0 radical (unpaired) electrons. The van der Waals surface area contributed by atoms with Gasteiger partial charge in [0.25, 0.3) is 0 Å². The van der Waals surface area contributed by atoms with Crippen LogP contribution in [-0.2, 0) is 11.3 Å². The van der Waals surface area contributed by atoms with Crippen LogP contribution in [0.2, 0.25) is 5.15 Å². The molecule has 2 aromatic heterocycles. The van der Waals surface area contributed by atoms with Gasteiger partial charge in [0.15, 0.2) is 10.9 Å². The molecular weight excluding hydrogens is 356 g/mol. The zero-order valence-corrected chi connectivity index (χ0v) is 15.8. The molecular formula is C18H21ClN4O3. The molecule has 0 spiro atoms. The van der Waals surface area contributed by atoms with Gasteiger partial charge in [0.1, 0.15) is 17.7 Å². The summed E-state index contributed by atoms with van der Waals surface area (Å²) < 4.78 is 13.2. The van der Waals surface area contributed by atoms with Crippen LogP contribution >= 0.6 is 11.6 Å². The van der Waals surface area contributed by atoms with E-state index < -0.39 is 5.60 Å². The first kappa shape index (κ1) is 16.2. The maximum atomic E-state index is 12.3. The number of aromatic nitrogens is 3. The predicted molar refractivity (Wildman–Crippen MR) is 95.6 cm³/mol. The Hall–Kier alpha value is -2.02. The van der Waals surface area contributed by atoms with Crippen LogP contribution in [0.25, 0.3) is 10.9 Å². The molecule has 2 aromatic rings. The lowest BCUT2D eigenvalue weighted by Gasteiger charge is -2.25. The smallest absolute Gasteiger partial charge is 0.410 e.